The lowest BCUT2D eigenvalue weighted by atomic mass is 9.89. The van der Waals surface area contributed by atoms with Gasteiger partial charge in [0, 0.05) is 13.0 Å². The van der Waals surface area contributed by atoms with Crippen LogP contribution in [0.5, 0.6) is 0 Å². The van der Waals surface area contributed by atoms with Crippen LogP contribution in [0.2, 0.25) is 0 Å². The maximum absolute atomic E-state index is 9.64. The smallest absolute Gasteiger partial charge is 0.185 e. The molecule has 1 aliphatic heterocycles. The average Bonchev–Trinajstić information content (AvgIpc) is 2.15. The Bertz CT molecular complexity index is 142. The molecule has 4 nitrogen and oxygen atoms in total. The summed E-state index contributed by atoms with van der Waals surface area (Å²) in [5.41, 5.74) is 0. The zero-order valence-corrected chi connectivity index (χ0v) is 8.30. The first-order valence-corrected chi connectivity index (χ1v) is 4.66. The molecule has 78 valence electrons. The van der Waals surface area contributed by atoms with Gasteiger partial charge in [-0.25, -0.2) is 0 Å². The molecular formula is C9H18O4. The van der Waals surface area contributed by atoms with Gasteiger partial charge < -0.3 is 19.7 Å². The van der Waals surface area contributed by atoms with Crippen molar-refractivity contribution in [2.45, 2.75) is 44.9 Å². The summed E-state index contributed by atoms with van der Waals surface area (Å²) in [7, 11) is 1.46. The molecule has 5 atom stereocenters. The lowest BCUT2D eigenvalue weighted by Gasteiger charge is -2.40. The van der Waals surface area contributed by atoms with E-state index < -0.39 is 18.5 Å². The first kappa shape index (κ1) is 10.9. The average molecular weight is 190 g/mol. The van der Waals surface area contributed by atoms with Gasteiger partial charge in [0.25, 0.3) is 0 Å². The first-order chi connectivity index (χ1) is 6.11. The van der Waals surface area contributed by atoms with Gasteiger partial charge in [0.15, 0.2) is 6.29 Å². The van der Waals surface area contributed by atoms with Gasteiger partial charge in [-0.1, -0.05) is 13.8 Å². The molecule has 0 aromatic carbocycles. The molecule has 1 fully saturated rings. The van der Waals surface area contributed by atoms with Crippen LogP contribution >= 0.6 is 0 Å². The van der Waals surface area contributed by atoms with Crippen LogP contribution in [0.25, 0.3) is 0 Å². The van der Waals surface area contributed by atoms with Crippen LogP contribution in [0.1, 0.15) is 20.3 Å². The Labute approximate surface area is 78.5 Å². The highest BCUT2D eigenvalue weighted by Gasteiger charge is 2.41. The molecule has 0 aromatic rings. The summed E-state index contributed by atoms with van der Waals surface area (Å²) in [4.78, 5) is 0. The molecule has 1 rings (SSSR count). The van der Waals surface area contributed by atoms with Crippen LogP contribution in [0, 0.1) is 5.92 Å². The fourth-order valence-corrected chi connectivity index (χ4v) is 1.73. The Morgan fingerprint density at radius 2 is 1.92 bits per heavy atom. The molecule has 0 amide bonds. The number of aliphatic hydroxyl groups excluding tert-OH is 2. The van der Waals surface area contributed by atoms with Crippen molar-refractivity contribution in [1.82, 2.24) is 0 Å². The molecule has 1 aliphatic rings. The number of hydrogen-bond donors (Lipinski definition) is 2. The Hall–Kier alpha value is -0.160. The minimum Gasteiger partial charge on any atom is -0.390 e. The number of hydrogen-bond acceptors (Lipinski definition) is 4. The highest BCUT2D eigenvalue weighted by atomic mass is 16.7. The summed E-state index contributed by atoms with van der Waals surface area (Å²) in [5.74, 6) is -0.0496. The largest absolute Gasteiger partial charge is 0.390 e. The fraction of sp³-hybridized carbons (Fsp3) is 1.00. The van der Waals surface area contributed by atoms with Crippen LogP contribution < -0.4 is 0 Å². The van der Waals surface area contributed by atoms with Crippen molar-refractivity contribution < 1.29 is 19.7 Å². The van der Waals surface area contributed by atoms with Crippen molar-refractivity contribution >= 4 is 0 Å². The summed E-state index contributed by atoms with van der Waals surface area (Å²) in [5, 5.41) is 19.2. The van der Waals surface area contributed by atoms with Crippen LogP contribution in [-0.2, 0) is 9.47 Å². The maximum atomic E-state index is 9.64. The zero-order chi connectivity index (χ0) is 10.0. The first-order valence-electron chi connectivity index (χ1n) is 4.66. The highest BCUT2D eigenvalue weighted by Crippen LogP contribution is 2.27. The normalized spacial score (nSPS) is 46.4. The molecule has 0 aromatic heterocycles. The zero-order valence-electron chi connectivity index (χ0n) is 8.30. The Balaban J connectivity index is 2.66. The third-order valence-corrected chi connectivity index (χ3v) is 2.70. The predicted octanol–water partition coefficient (Wildman–Crippen LogP) is 0.126. The molecule has 1 saturated heterocycles. The third kappa shape index (κ3) is 2.02. The number of rotatable bonds is 2. The van der Waals surface area contributed by atoms with Crippen LogP contribution in [0.15, 0.2) is 0 Å². The third-order valence-electron chi connectivity index (χ3n) is 2.70. The van der Waals surface area contributed by atoms with E-state index in [0.717, 1.165) is 6.42 Å². The fourth-order valence-electron chi connectivity index (χ4n) is 1.73. The van der Waals surface area contributed by atoms with Crippen molar-refractivity contribution in [3.63, 3.8) is 0 Å². The summed E-state index contributed by atoms with van der Waals surface area (Å²) in [6.07, 6.45) is -1.63. The van der Waals surface area contributed by atoms with E-state index in [2.05, 4.69) is 0 Å². The number of aliphatic hydroxyl groups is 2. The van der Waals surface area contributed by atoms with Gasteiger partial charge in [-0.05, 0) is 6.42 Å². The van der Waals surface area contributed by atoms with Crippen molar-refractivity contribution in [3.05, 3.63) is 0 Å². The molecule has 4 unspecified atom stereocenters. The van der Waals surface area contributed by atoms with Gasteiger partial charge in [-0.2, -0.15) is 0 Å². The van der Waals surface area contributed by atoms with Gasteiger partial charge in [-0.15, -0.1) is 0 Å². The Kier molecular flexibility index (Phi) is 3.67. The molecule has 0 spiro atoms. The molecule has 4 heteroatoms. The van der Waals surface area contributed by atoms with E-state index >= 15 is 0 Å². The second-order valence-corrected chi connectivity index (χ2v) is 3.53. The molecule has 0 bridgehead atoms. The predicted molar refractivity (Wildman–Crippen MR) is 47.1 cm³/mol. The molecule has 13 heavy (non-hydrogen) atoms. The maximum Gasteiger partial charge on any atom is 0.185 e. The van der Waals surface area contributed by atoms with E-state index in [-0.39, 0.29) is 12.0 Å². The molecule has 2 N–H and O–H groups in total. The quantitative estimate of drug-likeness (QED) is 0.649. The summed E-state index contributed by atoms with van der Waals surface area (Å²) < 4.78 is 10.4. The molecule has 0 aliphatic carbocycles. The molecule has 0 saturated carbocycles. The second kappa shape index (κ2) is 4.37. The van der Waals surface area contributed by atoms with E-state index in [1.54, 1.807) is 0 Å². The van der Waals surface area contributed by atoms with Crippen molar-refractivity contribution in [3.8, 4) is 0 Å². The second-order valence-electron chi connectivity index (χ2n) is 3.53. The topological polar surface area (TPSA) is 58.9 Å². The standard InChI is InChI=1S/C9H18O4/c1-4-6-5(2)7(10)8(11)9(12-3)13-6/h5-11H,4H2,1-3H3/t5-,6?,7?,8?,9?/m0/s1. The molecule has 1 heterocycles. The van der Waals surface area contributed by atoms with Gasteiger partial charge in [-0.3, -0.25) is 0 Å². The summed E-state index contributed by atoms with van der Waals surface area (Å²) >= 11 is 0. The van der Waals surface area contributed by atoms with Crippen LogP contribution in [-0.4, -0.2) is 41.9 Å². The van der Waals surface area contributed by atoms with Gasteiger partial charge in [0.05, 0.1) is 12.2 Å². The number of ether oxygens (including phenoxy) is 2. The van der Waals surface area contributed by atoms with Gasteiger partial charge >= 0.3 is 0 Å². The van der Waals surface area contributed by atoms with E-state index in [0.29, 0.717) is 0 Å². The van der Waals surface area contributed by atoms with E-state index in [4.69, 9.17) is 9.47 Å². The number of methoxy groups -OCH3 is 1. The van der Waals surface area contributed by atoms with Gasteiger partial charge in [0.2, 0.25) is 0 Å². The van der Waals surface area contributed by atoms with E-state index in [1.807, 2.05) is 13.8 Å². The Morgan fingerprint density at radius 1 is 1.31 bits per heavy atom. The minimum atomic E-state index is -0.942. The van der Waals surface area contributed by atoms with Crippen molar-refractivity contribution in [2.24, 2.45) is 5.92 Å². The van der Waals surface area contributed by atoms with Crippen molar-refractivity contribution in [1.29, 1.82) is 0 Å². The summed E-state index contributed by atoms with van der Waals surface area (Å²) in [6.45, 7) is 3.85. The van der Waals surface area contributed by atoms with E-state index in [1.165, 1.54) is 7.11 Å². The molecular weight excluding hydrogens is 172 g/mol. The van der Waals surface area contributed by atoms with Crippen molar-refractivity contribution in [2.75, 3.05) is 7.11 Å². The Morgan fingerprint density at radius 3 is 2.38 bits per heavy atom. The molecule has 0 radical (unpaired) electrons. The SMILES string of the molecule is CCC1OC(OC)C(O)C(O)[C@H]1C. The van der Waals surface area contributed by atoms with Crippen LogP contribution in [0.3, 0.4) is 0 Å². The summed E-state index contributed by atoms with van der Waals surface area (Å²) in [6, 6.07) is 0. The lowest BCUT2D eigenvalue weighted by Crippen LogP contribution is -2.53. The van der Waals surface area contributed by atoms with E-state index in [9.17, 15) is 10.2 Å². The van der Waals surface area contributed by atoms with Gasteiger partial charge in [0.1, 0.15) is 6.10 Å². The van der Waals surface area contributed by atoms with Crippen LogP contribution in [0.4, 0.5) is 0 Å². The monoisotopic (exact) mass is 190 g/mol. The minimum absolute atomic E-state index is 0.0386. The highest BCUT2D eigenvalue weighted by molar-refractivity contribution is 4.85. The lowest BCUT2D eigenvalue weighted by molar-refractivity contribution is -0.275.